The molecule has 2 atom stereocenters. The Morgan fingerprint density at radius 2 is 1.79 bits per heavy atom. The number of hydrogen-bond donors (Lipinski definition) is 3. The average Bonchev–Trinajstić information content (AvgIpc) is 3.22. The van der Waals surface area contributed by atoms with Crippen molar-refractivity contribution in [2.75, 3.05) is 19.5 Å². The molecular formula is C23H30ClN7O3. The number of nitrogens with two attached hydrogens (primary N) is 1. The fourth-order valence-electron chi connectivity index (χ4n) is 3.96. The molecule has 1 saturated carbocycles. The van der Waals surface area contributed by atoms with Crippen LogP contribution in [0.15, 0.2) is 36.5 Å². The van der Waals surface area contributed by atoms with Crippen LogP contribution in [0.3, 0.4) is 0 Å². The number of amides is 1. The van der Waals surface area contributed by atoms with Crippen molar-refractivity contribution in [2.24, 2.45) is 12.8 Å². The number of carbonyl (C=O) groups excluding carboxylic acids is 1. The van der Waals surface area contributed by atoms with Crippen molar-refractivity contribution in [3.8, 4) is 22.9 Å². The van der Waals surface area contributed by atoms with E-state index in [0.717, 1.165) is 25.7 Å². The van der Waals surface area contributed by atoms with Gasteiger partial charge in [-0.25, -0.2) is 9.97 Å². The molecule has 1 aliphatic carbocycles. The van der Waals surface area contributed by atoms with E-state index in [0.29, 0.717) is 40.2 Å². The Morgan fingerprint density at radius 1 is 1.09 bits per heavy atom. The third-order valence-electron chi connectivity index (χ3n) is 5.77. The van der Waals surface area contributed by atoms with Crippen LogP contribution in [0.1, 0.15) is 36.2 Å². The topological polar surface area (TPSA) is 129 Å². The molecule has 0 saturated heterocycles. The summed E-state index contributed by atoms with van der Waals surface area (Å²) in [4.78, 5) is 21.7. The van der Waals surface area contributed by atoms with E-state index in [1.807, 2.05) is 12.1 Å². The standard InChI is InChI=1S/C23H29N7O3.ClH/c1-30-21(22(31)27-18-7-5-4-6-17(18)24)13-20(29-30)19-8-9-25-23(28-19)26-14-10-15(32-2)12-16(11-14)33-3;/h8-13,17-18H,4-7,24H2,1-3H3,(H,27,31)(H,25,26,28);1H/t17-,18+;/m1./s1. The molecule has 0 aliphatic heterocycles. The van der Waals surface area contributed by atoms with E-state index in [1.54, 1.807) is 50.3 Å². The van der Waals surface area contributed by atoms with Gasteiger partial charge in [0.15, 0.2) is 0 Å². The van der Waals surface area contributed by atoms with Crippen LogP contribution >= 0.6 is 12.4 Å². The van der Waals surface area contributed by atoms with Crippen LogP contribution in [-0.4, -0.2) is 52.0 Å². The van der Waals surface area contributed by atoms with E-state index < -0.39 is 0 Å². The molecule has 1 aromatic carbocycles. The summed E-state index contributed by atoms with van der Waals surface area (Å²) in [6.45, 7) is 0. The van der Waals surface area contributed by atoms with E-state index >= 15 is 0 Å². The lowest BCUT2D eigenvalue weighted by molar-refractivity contribution is 0.0911. The van der Waals surface area contributed by atoms with Gasteiger partial charge in [-0.15, -0.1) is 12.4 Å². The van der Waals surface area contributed by atoms with E-state index in [1.165, 1.54) is 0 Å². The van der Waals surface area contributed by atoms with Crippen molar-refractivity contribution in [3.05, 3.63) is 42.2 Å². The Hall–Kier alpha value is -3.37. The van der Waals surface area contributed by atoms with Gasteiger partial charge in [-0.3, -0.25) is 9.48 Å². The third kappa shape index (κ3) is 5.75. The van der Waals surface area contributed by atoms with Crippen LogP contribution in [0.2, 0.25) is 0 Å². The zero-order valence-corrected chi connectivity index (χ0v) is 20.3. The lowest BCUT2D eigenvalue weighted by atomic mass is 9.91. The number of halogens is 1. The zero-order valence-electron chi connectivity index (χ0n) is 19.4. The number of nitrogens with one attached hydrogen (secondary N) is 2. The fraction of sp³-hybridized carbons (Fsp3) is 0.391. The first-order valence-electron chi connectivity index (χ1n) is 10.9. The molecule has 2 aromatic heterocycles. The van der Waals surface area contributed by atoms with Crippen LogP contribution in [0, 0.1) is 0 Å². The highest BCUT2D eigenvalue weighted by Crippen LogP contribution is 2.28. The lowest BCUT2D eigenvalue weighted by Gasteiger charge is -2.29. The van der Waals surface area contributed by atoms with Crippen molar-refractivity contribution in [3.63, 3.8) is 0 Å². The second-order valence-electron chi connectivity index (χ2n) is 8.06. The number of carbonyl (C=O) groups is 1. The van der Waals surface area contributed by atoms with Crippen molar-refractivity contribution in [2.45, 2.75) is 37.8 Å². The Kier molecular flexibility index (Phi) is 8.30. The molecule has 34 heavy (non-hydrogen) atoms. The Morgan fingerprint density at radius 3 is 2.47 bits per heavy atom. The molecule has 0 unspecified atom stereocenters. The molecule has 4 rings (SSSR count). The molecular weight excluding hydrogens is 458 g/mol. The average molecular weight is 488 g/mol. The van der Waals surface area contributed by atoms with Gasteiger partial charge in [0, 0.05) is 49.2 Å². The minimum absolute atomic E-state index is 0. The van der Waals surface area contributed by atoms with Crippen molar-refractivity contribution in [1.29, 1.82) is 0 Å². The Bertz CT molecular complexity index is 1120. The van der Waals surface area contributed by atoms with Crippen LogP contribution < -0.4 is 25.8 Å². The van der Waals surface area contributed by atoms with Crippen molar-refractivity contribution >= 4 is 29.9 Å². The van der Waals surface area contributed by atoms with Gasteiger partial charge in [0.05, 0.1) is 19.9 Å². The van der Waals surface area contributed by atoms with Crippen LogP contribution in [0.5, 0.6) is 11.5 Å². The van der Waals surface area contributed by atoms with Crippen molar-refractivity contribution in [1.82, 2.24) is 25.1 Å². The number of anilines is 2. The minimum atomic E-state index is -0.186. The molecule has 1 amide bonds. The van der Waals surface area contributed by atoms with Gasteiger partial charge in [-0.2, -0.15) is 5.10 Å². The molecule has 0 bridgehead atoms. The van der Waals surface area contributed by atoms with E-state index in [4.69, 9.17) is 15.2 Å². The summed E-state index contributed by atoms with van der Waals surface area (Å²) in [6.07, 6.45) is 5.64. The van der Waals surface area contributed by atoms with Gasteiger partial charge in [-0.1, -0.05) is 12.8 Å². The number of nitrogens with zero attached hydrogens (tertiary/aromatic N) is 4. The summed E-state index contributed by atoms with van der Waals surface area (Å²) in [5.41, 5.74) is 8.51. The first kappa shape index (κ1) is 25.3. The number of methoxy groups -OCH3 is 2. The van der Waals surface area contributed by atoms with Crippen molar-refractivity contribution < 1.29 is 14.3 Å². The highest BCUT2D eigenvalue weighted by molar-refractivity contribution is 5.93. The predicted molar refractivity (Wildman–Crippen MR) is 132 cm³/mol. The minimum Gasteiger partial charge on any atom is -0.497 e. The SMILES string of the molecule is COc1cc(Nc2nccc(-c3cc(C(=O)N[C@H]4CCCC[C@H]4N)n(C)n3)n2)cc(OC)c1.Cl. The number of rotatable bonds is 7. The maximum atomic E-state index is 12.9. The van der Waals surface area contributed by atoms with Gasteiger partial charge < -0.3 is 25.8 Å². The third-order valence-corrected chi connectivity index (χ3v) is 5.77. The van der Waals surface area contributed by atoms with Gasteiger partial charge in [0.1, 0.15) is 22.9 Å². The number of ether oxygens (including phenoxy) is 2. The Labute approximate surface area is 204 Å². The highest BCUT2D eigenvalue weighted by atomic mass is 35.5. The summed E-state index contributed by atoms with van der Waals surface area (Å²) in [5, 5.41) is 10.7. The van der Waals surface area contributed by atoms with Crippen LogP contribution in [-0.2, 0) is 7.05 Å². The molecule has 1 fully saturated rings. The summed E-state index contributed by atoms with van der Waals surface area (Å²) in [6, 6.07) is 8.86. The van der Waals surface area contributed by atoms with E-state index in [2.05, 4.69) is 25.7 Å². The number of aromatic nitrogens is 4. The zero-order chi connectivity index (χ0) is 23.4. The molecule has 2 heterocycles. The lowest BCUT2D eigenvalue weighted by Crippen LogP contribution is -2.49. The second kappa shape index (κ2) is 11.2. The maximum absolute atomic E-state index is 12.9. The van der Waals surface area contributed by atoms with Gasteiger partial charge in [0.25, 0.3) is 5.91 Å². The van der Waals surface area contributed by atoms with Gasteiger partial charge in [-0.05, 0) is 25.0 Å². The smallest absolute Gasteiger partial charge is 0.269 e. The highest BCUT2D eigenvalue weighted by Gasteiger charge is 2.25. The van der Waals surface area contributed by atoms with Gasteiger partial charge >= 0.3 is 0 Å². The predicted octanol–water partition coefficient (Wildman–Crippen LogP) is 3.06. The first-order chi connectivity index (χ1) is 16.0. The molecule has 182 valence electrons. The molecule has 1 aliphatic rings. The molecule has 0 spiro atoms. The Balaban J connectivity index is 0.00000324. The number of benzene rings is 1. The normalized spacial score (nSPS) is 17.4. The molecule has 3 aromatic rings. The van der Waals surface area contributed by atoms with Crippen LogP contribution in [0.25, 0.3) is 11.4 Å². The number of aryl methyl sites for hydroxylation is 1. The summed E-state index contributed by atoms with van der Waals surface area (Å²) >= 11 is 0. The summed E-state index contributed by atoms with van der Waals surface area (Å²) < 4.78 is 12.2. The van der Waals surface area contributed by atoms with Gasteiger partial charge in [0.2, 0.25) is 5.95 Å². The monoisotopic (exact) mass is 487 g/mol. The molecule has 10 nitrogen and oxygen atoms in total. The summed E-state index contributed by atoms with van der Waals surface area (Å²) in [5.74, 6) is 1.49. The second-order valence-corrected chi connectivity index (χ2v) is 8.06. The summed E-state index contributed by atoms with van der Waals surface area (Å²) in [7, 11) is 4.92. The molecule has 11 heteroatoms. The maximum Gasteiger partial charge on any atom is 0.269 e. The molecule has 0 radical (unpaired) electrons. The van der Waals surface area contributed by atoms with Crippen LogP contribution in [0.4, 0.5) is 11.6 Å². The quantitative estimate of drug-likeness (QED) is 0.463. The number of hydrogen-bond acceptors (Lipinski definition) is 8. The van der Waals surface area contributed by atoms with E-state index in [-0.39, 0.29) is 30.4 Å². The largest absolute Gasteiger partial charge is 0.497 e. The molecule has 4 N–H and O–H groups in total. The van der Waals surface area contributed by atoms with E-state index in [9.17, 15) is 4.79 Å². The first-order valence-corrected chi connectivity index (χ1v) is 10.9. The fourth-order valence-corrected chi connectivity index (χ4v) is 3.96.